The summed E-state index contributed by atoms with van der Waals surface area (Å²) < 4.78 is 5.47. The summed E-state index contributed by atoms with van der Waals surface area (Å²) in [6.07, 6.45) is 9.13. The fraction of sp³-hybridized carbons (Fsp3) is 0.364. The maximum Gasteiger partial charge on any atom is 0.190 e. The van der Waals surface area contributed by atoms with Gasteiger partial charge >= 0.3 is 0 Å². The maximum absolute atomic E-state index is 11.8. The van der Waals surface area contributed by atoms with E-state index in [9.17, 15) is 4.79 Å². The van der Waals surface area contributed by atoms with Crippen molar-refractivity contribution in [3.05, 3.63) is 36.1 Å². The molecule has 0 bridgehead atoms. The van der Waals surface area contributed by atoms with Crippen molar-refractivity contribution >= 4 is 5.78 Å². The fourth-order valence-corrected chi connectivity index (χ4v) is 1.74. The summed E-state index contributed by atoms with van der Waals surface area (Å²) in [5.74, 6) is 0.897. The first kappa shape index (κ1) is 8.30. The van der Waals surface area contributed by atoms with Gasteiger partial charge in [-0.05, 0) is 19.9 Å². The quantitative estimate of drug-likeness (QED) is 0.564. The van der Waals surface area contributed by atoms with Crippen LogP contribution in [-0.2, 0) is 9.53 Å². The molecular weight excluding hydrogens is 164 g/mol. The van der Waals surface area contributed by atoms with Crippen LogP contribution in [-0.4, -0.2) is 11.9 Å². The van der Waals surface area contributed by atoms with Crippen LogP contribution in [0.4, 0.5) is 0 Å². The van der Waals surface area contributed by atoms with Crippen LogP contribution in [0.3, 0.4) is 0 Å². The molecule has 2 heteroatoms. The van der Waals surface area contributed by atoms with Gasteiger partial charge in [0.2, 0.25) is 0 Å². The highest BCUT2D eigenvalue weighted by molar-refractivity contribution is 5.95. The highest BCUT2D eigenvalue weighted by atomic mass is 16.5. The van der Waals surface area contributed by atoms with E-state index in [1.807, 2.05) is 37.3 Å². The van der Waals surface area contributed by atoms with Crippen LogP contribution in [0.5, 0.6) is 0 Å². The van der Waals surface area contributed by atoms with Gasteiger partial charge < -0.3 is 4.74 Å². The second-order valence-electron chi connectivity index (χ2n) is 3.60. The number of ether oxygens (including phenoxy) is 1. The number of Topliss-reactive ketones (excluding diaryl/α,β-unsaturated/α-hetero) is 1. The van der Waals surface area contributed by atoms with Crippen molar-refractivity contribution in [1.82, 2.24) is 0 Å². The molecule has 1 saturated heterocycles. The van der Waals surface area contributed by atoms with Gasteiger partial charge in [-0.1, -0.05) is 24.3 Å². The topological polar surface area (TPSA) is 26.3 Å². The van der Waals surface area contributed by atoms with E-state index in [4.69, 9.17) is 4.74 Å². The molecule has 0 spiro atoms. The van der Waals surface area contributed by atoms with E-state index in [0.29, 0.717) is 0 Å². The summed E-state index contributed by atoms with van der Waals surface area (Å²) in [5.41, 5.74) is -0.539. The minimum absolute atomic E-state index is 0.138. The minimum Gasteiger partial charge on any atom is -0.486 e. The van der Waals surface area contributed by atoms with Crippen molar-refractivity contribution in [3.63, 3.8) is 0 Å². The number of ketones is 1. The Bertz CT molecular complexity index is 336. The van der Waals surface area contributed by atoms with Crippen LogP contribution in [0.1, 0.15) is 13.8 Å². The van der Waals surface area contributed by atoms with Crippen LogP contribution in [0, 0.1) is 5.41 Å². The third-order valence-electron chi connectivity index (χ3n) is 2.60. The molecule has 0 aromatic rings. The van der Waals surface area contributed by atoms with Gasteiger partial charge in [-0.3, -0.25) is 4.79 Å². The molecule has 1 aliphatic heterocycles. The van der Waals surface area contributed by atoms with Crippen molar-refractivity contribution in [1.29, 1.82) is 0 Å². The first-order valence-corrected chi connectivity index (χ1v) is 4.42. The van der Waals surface area contributed by atoms with Crippen LogP contribution < -0.4 is 0 Å². The van der Waals surface area contributed by atoms with Crippen molar-refractivity contribution in [2.75, 3.05) is 0 Å². The van der Waals surface area contributed by atoms with Gasteiger partial charge in [0, 0.05) is 0 Å². The molecule has 0 saturated carbocycles. The lowest BCUT2D eigenvalue weighted by molar-refractivity contribution is -0.125. The molecule has 2 aliphatic rings. The zero-order valence-electron chi connectivity index (χ0n) is 7.78. The van der Waals surface area contributed by atoms with E-state index >= 15 is 0 Å². The summed E-state index contributed by atoms with van der Waals surface area (Å²) >= 11 is 0. The number of allylic oxidation sites excluding steroid dienone is 5. The molecule has 13 heavy (non-hydrogen) atoms. The van der Waals surface area contributed by atoms with Crippen LogP contribution in [0.15, 0.2) is 36.1 Å². The summed E-state index contributed by atoms with van der Waals surface area (Å²) in [4.78, 5) is 11.8. The van der Waals surface area contributed by atoms with E-state index in [1.165, 1.54) is 0 Å². The molecule has 2 atom stereocenters. The van der Waals surface area contributed by atoms with Gasteiger partial charge in [0.15, 0.2) is 11.9 Å². The molecule has 0 aromatic heterocycles. The smallest absolute Gasteiger partial charge is 0.190 e. The van der Waals surface area contributed by atoms with Gasteiger partial charge in [0.1, 0.15) is 11.2 Å². The predicted molar refractivity (Wildman–Crippen MR) is 50.0 cm³/mol. The average molecular weight is 176 g/mol. The Morgan fingerprint density at radius 3 is 2.92 bits per heavy atom. The van der Waals surface area contributed by atoms with E-state index in [-0.39, 0.29) is 11.9 Å². The standard InChI is InChI=1S/C11H12O2/c1-8-10(12)11(2)7-5-3-4-6-9(11)13-8/h3-8H,1-2H3. The Hall–Kier alpha value is -1.31. The second kappa shape index (κ2) is 2.59. The summed E-state index contributed by atoms with van der Waals surface area (Å²) in [6.45, 7) is 3.69. The number of hydrogen-bond acceptors (Lipinski definition) is 2. The Morgan fingerprint density at radius 2 is 2.15 bits per heavy atom. The maximum atomic E-state index is 11.8. The van der Waals surface area contributed by atoms with Crippen LogP contribution in [0.2, 0.25) is 0 Å². The van der Waals surface area contributed by atoms with Crippen molar-refractivity contribution < 1.29 is 9.53 Å². The van der Waals surface area contributed by atoms with Crippen LogP contribution >= 0.6 is 0 Å². The Kier molecular flexibility index (Phi) is 1.65. The molecule has 2 unspecified atom stereocenters. The number of carbonyl (C=O) groups excluding carboxylic acids is 1. The van der Waals surface area contributed by atoms with Gasteiger partial charge in [-0.25, -0.2) is 0 Å². The van der Waals surface area contributed by atoms with E-state index in [2.05, 4.69) is 0 Å². The lowest BCUT2D eigenvalue weighted by atomic mass is 9.84. The molecule has 0 amide bonds. The molecular formula is C11H12O2. The van der Waals surface area contributed by atoms with Gasteiger partial charge in [0.25, 0.3) is 0 Å². The molecule has 0 N–H and O–H groups in total. The SMILES string of the molecule is CC1OC2=CC=CC=CC2(C)C1=O. The first-order chi connectivity index (χ1) is 6.14. The Morgan fingerprint density at radius 1 is 1.38 bits per heavy atom. The van der Waals surface area contributed by atoms with Crippen molar-refractivity contribution in [2.24, 2.45) is 5.41 Å². The van der Waals surface area contributed by atoms with Gasteiger partial charge in [0.05, 0.1) is 0 Å². The summed E-state index contributed by atoms with van der Waals surface area (Å²) in [5, 5.41) is 0. The van der Waals surface area contributed by atoms with Crippen molar-refractivity contribution in [2.45, 2.75) is 20.0 Å². The van der Waals surface area contributed by atoms with Crippen LogP contribution in [0.25, 0.3) is 0 Å². The van der Waals surface area contributed by atoms with E-state index < -0.39 is 5.41 Å². The Balaban J connectivity index is 2.51. The third-order valence-corrected chi connectivity index (χ3v) is 2.60. The van der Waals surface area contributed by atoms with E-state index in [0.717, 1.165) is 5.76 Å². The monoisotopic (exact) mass is 176 g/mol. The number of carbonyl (C=O) groups is 1. The van der Waals surface area contributed by atoms with Crippen molar-refractivity contribution in [3.8, 4) is 0 Å². The molecule has 0 radical (unpaired) electrons. The summed E-state index contributed by atoms with van der Waals surface area (Å²) in [7, 11) is 0. The normalized spacial score (nSPS) is 36.6. The molecule has 2 rings (SSSR count). The molecule has 2 nitrogen and oxygen atoms in total. The van der Waals surface area contributed by atoms with E-state index in [1.54, 1.807) is 6.92 Å². The van der Waals surface area contributed by atoms with Gasteiger partial charge in [-0.15, -0.1) is 0 Å². The second-order valence-corrected chi connectivity index (χ2v) is 3.60. The predicted octanol–water partition coefficient (Wildman–Crippen LogP) is 1.99. The molecule has 0 aromatic carbocycles. The first-order valence-electron chi connectivity index (χ1n) is 4.42. The molecule has 68 valence electrons. The average Bonchev–Trinajstić information content (AvgIpc) is 2.30. The minimum atomic E-state index is -0.539. The fourth-order valence-electron chi connectivity index (χ4n) is 1.74. The third kappa shape index (κ3) is 1.05. The molecule has 1 fully saturated rings. The highest BCUT2D eigenvalue weighted by Gasteiger charge is 2.46. The largest absolute Gasteiger partial charge is 0.486 e. The lowest BCUT2D eigenvalue weighted by Crippen LogP contribution is -2.25. The highest BCUT2D eigenvalue weighted by Crippen LogP contribution is 2.40. The number of hydrogen-bond donors (Lipinski definition) is 0. The number of fused-ring (bicyclic) bond motifs is 1. The lowest BCUT2D eigenvalue weighted by Gasteiger charge is -2.14. The zero-order valence-corrected chi connectivity index (χ0v) is 7.78. The Labute approximate surface area is 77.6 Å². The molecule has 1 heterocycles. The number of rotatable bonds is 0. The summed E-state index contributed by atoms with van der Waals surface area (Å²) in [6, 6.07) is 0. The van der Waals surface area contributed by atoms with Gasteiger partial charge in [-0.2, -0.15) is 0 Å². The molecule has 1 aliphatic carbocycles. The zero-order chi connectivity index (χ0) is 9.47.